The molecule has 3 heteroatoms. The third kappa shape index (κ3) is 3.25. The first-order chi connectivity index (χ1) is 5.00. The molecule has 1 amide bonds. The van der Waals surface area contributed by atoms with Crippen LogP contribution in [0.25, 0.3) is 0 Å². The van der Waals surface area contributed by atoms with Gasteiger partial charge in [-0.15, -0.1) is 0 Å². The van der Waals surface area contributed by atoms with Crippen molar-refractivity contribution in [1.29, 1.82) is 0 Å². The standard InChI is InChI=1S/C8H17NO.Co/c1-5(2)7(6(3)4)8(9)10;/h5-7H,1-4H3,(H2,9,10);/q;+1/p-1. The molecule has 0 radical (unpaired) electrons. The summed E-state index contributed by atoms with van der Waals surface area (Å²) in [4.78, 5) is 11.2. The van der Waals surface area contributed by atoms with E-state index in [1.54, 1.807) is 0 Å². The van der Waals surface area contributed by atoms with Gasteiger partial charge in [0.25, 0.3) is 0 Å². The van der Waals surface area contributed by atoms with Gasteiger partial charge in [-0.1, -0.05) is 0 Å². The van der Waals surface area contributed by atoms with Crippen molar-refractivity contribution in [3.8, 4) is 0 Å². The summed E-state index contributed by atoms with van der Waals surface area (Å²) in [7, 11) is 0. The second-order valence-corrected chi connectivity index (χ2v) is 3.72. The van der Waals surface area contributed by atoms with Crippen LogP contribution in [0.1, 0.15) is 27.7 Å². The Morgan fingerprint density at radius 3 is 1.64 bits per heavy atom. The van der Waals surface area contributed by atoms with Crippen LogP contribution in [0, 0.1) is 17.8 Å². The van der Waals surface area contributed by atoms with Crippen LogP contribution in [0.2, 0.25) is 0 Å². The normalized spacial score (nSPS) is 11.4. The SMILES string of the molecule is CC(C)C(C(=O)[NH][Co])C(C)C. The summed E-state index contributed by atoms with van der Waals surface area (Å²) in [5.41, 5.74) is 0. The van der Waals surface area contributed by atoms with Crippen molar-refractivity contribution in [2.75, 3.05) is 0 Å². The molecule has 0 atom stereocenters. The first kappa shape index (κ1) is 11.0. The van der Waals surface area contributed by atoms with E-state index in [1.807, 2.05) is 27.7 Å². The van der Waals surface area contributed by atoms with Crippen LogP contribution in [-0.4, -0.2) is 5.91 Å². The maximum absolute atomic E-state index is 11.2. The minimum absolute atomic E-state index is 0.0231. The second kappa shape index (κ2) is 4.77. The number of carbonyl (C=O) groups excluding carboxylic acids is 1. The van der Waals surface area contributed by atoms with E-state index in [9.17, 15) is 4.79 Å². The van der Waals surface area contributed by atoms with Crippen molar-refractivity contribution in [3.63, 3.8) is 0 Å². The summed E-state index contributed by atoms with van der Waals surface area (Å²) in [6.07, 6.45) is 0. The second-order valence-electron chi connectivity index (χ2n) is 3.46. The molecule has 11 heavy (non-hydrogen) atoms. The third-order valence-electron chi connectivity index (χ3n) is 1.82. The van der Waals surface area contributed by atoms with Crippen molar-refractivity contribution >= 4 is 5.91 Å². The zero-order valence-corrected chi connectivity index (χ0v) is 8.51. The molecule has 1 N–H and O–H groups in total. The van der Waals surface area contributed by atoms with E-state index in [0.29, 0.717) is 11.8 Å². The molecule has 0 aliphatic heterocycles. The molecule has 0 aromatic heterocycles. The fraction of sp³-hybridized carbons (Fsp3) is 0.875. The Balaban J connectivity index is 4.22. The summed E-state index contributed by atoms with van der Waals surface area (Å²) in [5, 5.41) is 0. The van der Waals surface area contributed by atoms with E-state index in [0.717, 1.165) is 0 Å². The van der Waals surface area contributed by atoms with Crippen LogP contribution in [0.5, 0.6) is 0 Å². The van der Waals surface area contributed by atoms with E-state index in [-0.39, 0.29) is 11.8 Å². The fourth-order valence-corrected chi connectivity index (χ4v) is 1.60. The Kier molecular flexibility index (Phi) is 4.76. The van der Waals surface area contributed by atoms with Gasteiger partial charge in [-0.25, -0.2) is 0 Å². The van der Waals surface area contributed by atoms with Gasteiger partial charge in [0.15, 0.2) is 0 Å². The van der Waals surface area contributed by atoms with Crippen LogP contribution >= 0.6 is 0 Å². The van der Waals surface area contributed by atoms with Gasteiger partial charge >= 0.3 is 76.5 Å². The van der Waals surface area contributed by atoms with Crippen molar-refractivity contribution in [2.45, 2.75) is 27.7 Å². The van der Waals surface area contributed by atoms with Crippen molar-refractivity contribution < 1.29 is 20.7 Å². The molecule has 0 saturated heterocycles. The van der Waals surface area contributed by atoms with Crippen LogP contribution in [-0.2, 0) is 20.7 Å². The van der Waals surface area contributed by atoms with Gasteiger partial charge in [0.05, 0.1) is 0 Å². The topological polar surface area (TPSA) is 29.1 Å². The maximum atomic E-state index is 11.2. The van der Waals surface area contributed by atoms with Gasteiger partial charge in [-0.2, -0.15) is 0 Å². The average Bonchev–Trinajstić information content (AvgIpc) is 1.85. The molecule has 0 saturated carbocycles. The summed E-state index contributed by atoms with van der Waals surface area (Å²) >= 11 is 3.79. The Bertz CT molecular complexity index is 126. The molecule has 0 aromatic rings. The quantitative estimate of drug-likeness (QED) is 0.736. The van der Waals surface area contributed by atoms with Gasteiger partial charge in [0.1, 0.15) is 0 Å². The number of carbonyl (C=O) groups is 1. The summed E-state index contributed by atoms with van der Waals surface area (Å²) < 4.78 is 2.38. The molecule has 0 rings (SSSR count). The van der Waals surface area contributed by atoms with E-state index >= 15 is 0 Å². The fourth-order valence-electron chi connectivity index (χ4n) is 1.43. The minimum atomic E-state index is 0.0231. The van der Waals surface area contributed by atoms with Gasteiger partial charge in [-0.3, -0.25) is 0 Å². The number of nitrogens with one attached hydrogen (secondary N) is 1. The van der Waals surface area contributed by atoms with E-state index < -0.39 is 0 Å². The monoisotopic (exact) mass is 201 g/mol. The molecule has 0 spiro atoms. The number of hydrogen-bond acceptors (Lipinski definition) is 1. The number of amides is 1. The average molecular weight is 201 g/mol. The molecule has 0 aliphatic carbocycles. The molecular formula is C8H16CoNO. The Labute approximate surface area is 76.9 Å². The Hall–Kier alpha value is -0.0235. The number of rotatable bonds is 3. The van der Waals surface area contributed by atoms with E-state index in [1.165, 1.54) is 0 Å². The molecule has 68 valence electrons. The molecule has 2 nitrogen and oxygen atoms in total. The summed E-state index contributed by atoms with van der Waals surface area (Å²) in [5.74, 6) is 0.850. The molecule has 0 unspecified atom stereocenters. The van der Waals surface area contributed by atoms with Crippen molar-refractivity contribution in [1.82, 2.24) is 4.37 Å². The first-order valence-electron chi connectivity index (χ1n) is 3.89. The van der Waals surface area contributed by atoms with Crippen molar-refractivity contribution in [2.24, 2.45) is 17.8 Å². The Morgan fingerprint density at radius 2 is 1.55 bits per heavy atom. The van der Waals surface area contributed by atoms with Gasteiger partial charge in [0, 0.05) is 0 Å². The van der Waals surface area contributed by atoms with Crippen LogP contribution in [0.3, 0.4) is 0 Å². The molecular weight excluding hydrogens is 185 g/mol. The van der Waals surface area contributed by atoms with Gasteiger partial charge in [0.2, 0.25) is 0 Å². The zero-order chi connectivity index (χ0) is 9.02. The van der Waals surface area contributed by atoms with Crippen molar-refractivity contribution in [3.05, 3.63) is 0 Å². The molecule has 0 aliphatic rings. The van der Waals surface area contributed by atoms with Crippen LogP contribution in [0.15, 0.2) is 0 Å². The van der Waals surface area contributed by atoms with Gasteiger partial charge in [-0.05, 0) is 0 Å². The molecule has 0 aromatic carbocycles. The van der Waals surface area contributed by atoms with E-state index in [2.05, 4.69) is 20.3 Å². The molecule has 0 fully saturated rings. The predicted molar refractivity (Wildman–Crippen MR) is 41.3 cm³/mol. The van der Waals surface area contributed by atoms with E-state index in [4.69, 9.17) is 0 Å². The predicted octanol–water partition coefficient (Wildman–Crippen LogP) is 1.49. The number of hydrogen-bond donors (Lipinski definition) is 1. The van der Waals surface area contributed by atoms with Crippen LogP contribution < -0.4 is 4.37 Å². The first-order valence-corrected chi connectivity index (χ1v) is 4.41. The zero-order valence-electron chi connectivity index (χ0n) is 7.47. The van der Waals surface area contributed by atoms with Gasteiger partial charge < -0.3 is 0 Å². The Morgan fingerprint density at radius 1 is 1.18 bits per heavy atom. The molecule has 0 heterocycles. The third-order valence-corrected chi connectivity index (χ3v) is 2.08. The van der Waals surface area contributed by atoms with Crippen LogP contribution in [0.4, 0.5) is 0 Å². The molecule has 0 bridgehead atoms. The summed E-state index contributed by atoms with van der Waals surface area (Å²) in [6.45, 7) is 8.19. The summed E-state index contributed by atoms with van der Waals surface area (Å²) in [6, 6.07) is 0.